The van der Waals surface area contributed by atoms with Gasteiger partial charge in [0.05, 0.1) is 12.1 Å². The zero-order valence-electron chi connectivity index (χ0n) is 16.5. The van der Waals surface area contributed by atoms with Crippen molar-refractivity contribution >= 4 is 29.9 Å². The fourth-order valence-electron chi connectivity index (χ4n) is 3.69. The number of piperidine rings is 1. The van der Waals surface area contributed by atoms with E-state index in [-0.39, 0.29) is 29.6 Å². The van der Waals surface area contributed by atoms with E-state index in [2.05, 4.69) is 36.3 Å². The zero-order chi connectivity index (χ0) is 17.3. The average Bonchev–Trinajstić information content (AvgIpc) is 3.01. The van der Waals surface area contributed by atoms with Gasteiger partial charge in [0, 0.05) is 25.7 Å². The summed E-state index contributed by atoms with van der Waals surface area (Å²) in [6.45, 7) is 12.7. The van der Waals surface area contributed by atoms with Crippen LogP contribution in [-0.4, -0.2) is 61.8 Å². The van der Waals surface area contributed by atoms with E-state index in [1.54, 1.807) is 0 Å². The van der Waals surface area contributed by atoms with Gasteiger partial charge in [0.25, 0.3) is 0 Å². The van der Waals surface area contributed by atoms with Crippen molar-refractivity contribution in [3.63, 3.8) is 0 Å². The minimum absolute atomic E-state index is 0. The van der Waals surface area contributed by atoms with E-state index in [1.165, 1.54) is 45.2 Å². The standard InChI is InChI=1S/C19H38N4O.HI/c1-4-20-18(22-16-19(3)11-9-15-24-19)21-12-6-8-14-23-13-7-5-10-17(23)2;/h17H,4-16H2,1-3H3,(H2,20,21,22);1H. The molecule has 5 nitrogen and oxygen atoms in total. The van der Waals surface area contributed by atoms with Crippen LogP contribution < -0.4 is 10.6 Å². The van der Waals surface area contributed by atoms with E-state index < -0.39 is 0 Å². The van der Waals surface area contributed by atoms with Gasteiger partial charge < -0.3 is 20.3 Å². The highest BCUT2D eigenvalue weighted by atomic mass is 127. The first-order valence-electron chi connectivity index (χ1n) is 10.0. The van der Waals surface area contributed by atoms with Crippen molar-refractivity contribution in [2.45, 2.75) is 77.4 Å². The maximum absolute atomic E-state index is 5.82. The fraction of sp³-hybridized carbons (Fsp3) is 0.947. The molecule has 148 valence electrons. The number of nitrogens with zero attached hydrogens (tertiary/aromatic N) is 2. The molecule has 2 heterocycles. The Bertz CT molecular complexity index is 386. The van der Waals surface area contributed by atoms with Gasteiger partial charge in [-0.25, -0.2) is 0 Å². The van der Waals surface area contributed by atoms with Crippen LogP contribution in [0.25, 0.3) is 0 Å². The lowest BCUT2D eigenvalue weighted by Gasteiger charge is -2.33. The smallest absolute Gasteiger partial charge is 0.191 e. The minimum Gasteiger partial charge on any atom is -0.373 e. The van der Waals surface area contributed by atoms with E-state index >= 15 is 0 Å². The summed E-state index contributed by atoms with van der Waals surface area (Å²) in [4.78, 5) is 7.38. The van der Waals surface area contributed by atoms with Gasteiger partial charge in [-0.15, -0.1) is 24.0 Å². The number of unbranched alkanes of at least 4 members (excludes halogenated alkanes) is 1. The Morgan fingerprint density at radius 1 is 1.24 bits per heavy atom. The Kier molecular flexibility index (Phi) is 11.3. The van der Waals surface area contributed by atoms with Gasteiger partial charge in [-0.2, -0.15) is 0 Å². The molecular weight excluding hydrogens is 427 g/mol. The Morgan fingerprint density at radius 3 is 2.76 bits per heavy atom. The van der Waals surface area contributed by atoms with Crippen LogP contribution in [0.5, 0.6) is 0 Å². The van der Waals surface area contributed by atoms with Gasteiger partial charge in [-0.3, -0.25) is 4.99 Å². The van der Waals surface area contributed by atoms with Crippen LogP contribution in [-0.2, 0) is 4.74 Å². The molecule has 0 aromatic heterocycles. The molecule has 0 spiro atoms. The molecule has 2 saturated heterocycles. The van der Waals surface area contributed by atoms with E-state index in [0.29, 0.717) is 0 Å². The first-order valence-corrected chi connectivity index (χ1v) is 10.0. The van der Waals surface area contributed by atoms with Crippen molar-refractivity contribution < 1.29 is 4.74 Å². The SMILES string of the molecule is CCNC(=NCC1(C)CCCO1)NCCCCN1CCCCC1C.I. The third-order valence-corrected chi connectivity index (χ3v) is 5.32. The Morgan fingerprint density at radius 2 is 2.08 bits per heavy atom. The predicted molar refractivity (Wildman–Crippen MR) is 117 cm³/mol. The van der Waals surface area contributed by atoms with Crippen molar-refractivity contribution in [3.8, 4) is 0 Å². The Hall–Kier alpha value is -0.0800. The van der Waals surface area contributed by atoms with Gasteiger partial charge >= 0.3 is 0 Å². The number of nitrogens with one attached hydrogen (secondary N) is 2. The summed E-state index contributed by atoms with van der Waals surface area (Å²) in [5, 5.41) is 6.82. The monoisotopic (exact) mass is 466 g/mol. The predicted octanol–water partition coefficient (Wildman–Crippen LogP) is 3.38. The molecule has 2 N–H and O–H groups in total. The van der Waals surface area contributed by atoms with Gasteiger partial charge in [-0.05, 0) is 72.4 Å². The Balaban J connectivity index is 0.00000312. The van der Waals surface area contributed by atoms with Gasteiger partial charge in [-0.1, -0.05) is 6.42 Å². The van der Waals surface area contributed by atoms with Crippen LogP contribution in [0.1, 0.15) is 65.7 Å². The molecule has 6 heteroatoms. The topological polar surface area (TPSA) is 48.9 Å². The summed E-state index contributed by atoms with van der Waals surface area (Å²) in [7, 11) is 0. The molecule has 0 saturated carbocycles. The highest BCUT2D eigenvalue weighted by Crippen LogP contribution is 2.25. The zero-order valence-corrected chi connectivity index (χ0v) is 18.8. The molecule has 2 unspecified atom stereocenters. The van der Waals surface area contributed by atoms with Crippen LogP contribution in [0.15, 0.2) is 4.99 Å². The molecule has 2 rings (SSSR count). The maximum atomic E-state index is 5.82. The first kappa shape index (κ1) is 23.0. The molecule has 2 atom stereocenters. The molecule has 0 bridgehead atoms. The summed E-state index contributed by atoms with van der Waals surface area (Å²) in [5.41, 5.74) is -0.0627. The van der Waals surface area contributed by atoms with Crippen molar-refractivity contribution in [2.24, 2.45) is 4.99 Å². The molecule has 0 amide bonds. The highest BCUT2D eigenvalue weighted by molar-refractivity contribution is 14.0. The number of halogens is 1. The molecule has 0 aliphatic carbocycles. The normalized spacial score (nSPS) is 27.8. The molecule has 0 aromatic rings. The molecule has 0 aromatic carbocycles. The minimum atomic E-state index is -0.0627. The summed E-state index contributed by atoms with van der Waals surface area (Å²) in [5.74, 6) is 0.931. The van der Waals surface area contributed by atoms with E-state index in [4.69, 9.17) is 9.73 Å². The number of ether oxygens (including phenoxy) is 1. The van der Waals surface area contributed by atoms with Crippen LogP contribution in [0.4, 0.5) is 0 Å². The Labute approximate surface area is 171 Å². The van der Waals surface area contributed by atoms with Crippen molar-refractivity contribution in [1.82, 2.24) is 15.5 Å². The molecule has 2 fully saturated rings. The lowest BCUT2D eigenvalue weighted by atomic mass is 10.0. The quantitative estimate of drug-likeness (QED) is 0.249. The second kappa shape index (κ2) is 12.3. The molecule has 25 heavy (non-hydrogen) atoms. The molecule has 2 aliphatic rings. The van der Waals surface area contributed by atoms with Crippen molar-refractivity contribution in [3.05, 3.63) is 0 Å². The van der Waals surface area contributed by atoms with E-state index in [9.17, 15) is 0 Å². The first-order chi connectivity index (χ1) is 11.6. The van der Waals surface area contributed by atoms with Crippen molar-refractivity contribution in [2.75, 3.05) is 39.3 Å². The molecular formula is C19H39IN4O. The fourth-order valence-corrected chi connectivity index (χ4v) is 3.69. The number of guanidine groups is 1. The second-order valence-electron chi connectivity index (χ2n) is 7.61. The van der Waals surface area contributed by atoms with Crippen molar-refractivity contribution in [1.29, 1.82) is 0 Å². The summed E-state index contributed by atoms with van der Waals surface area (Å²) >= 11 is 0. The lowest BCUT2D eigenvalue weighted by Crippen LogP contribution is -2.40. The van der Waals surface area contributed by atoms with Crippen LogP contribution in [0, 0.1) is 0 Å². The van der Waals surface area contributed by atoms with Crippen LogP contribution in [0.2, 0.25) is 0 Å². The summed E-state index contributed by atoms with van der Waals surface area (Å²) in [6.07, 6.45) is 8.88. The lowest BCUT2D eigenvalue weighted by molar-refractivity contribution is 0.0283. The largest absolute Gasteiger partial charge is 0.373 e. The van der Waals surface area contributed by atoms with Gasteiger partial charge in [0.1, 0.15) is 0 Å². The third-order valence-electron chi connectivity index (χ3n) is 5.32. The van der Waals surface area contributed by atoms with E-state index in [1.807, 2.05) is 0 Å². The number of likely N-dealkylation sites (tertiary alicyclic amines) is 1. The summed E-state index contributed by atoms with van der Waals surface area (Å²) < 4.78 is 5.82. The van der Waals surface area contributed by atoms with Gasteiger partial charge in [0.2, 0.25) is 0 Å². The van der Waals surface area contributed by atoms with Gasteiger partial charge in [0.15, 0.2) is 5.96 Å². The number of hydrogen-bond donors (Lipinski definition) is 2. The van der Waals surface area contributed by atoms with Crippen LogP contribution in [0.3, 0.4) is 0 Å². The molecule has 0 radical (unpaired) electrons. The second-order valence-corrected chi connectivity index (χ2v) is 7.61. The average molecular weight is 466 g/mol. The third kappa shape index (κ3) is 8.43. The number of aliphatic imine (C=N–C) groups is 1. The highest BCUT2D eigenvalue weighted by Gasteiger charge is 2.29. The molecule has 2 aliphatic heterocycles. The number of rotatable bonds is 8. The maximum Gasteiger partial charge on any atom is 0.191 e. The summed E-state index contributed by atoms with van der Waals surface area (Å²) in [6, 6.07) is 0.776. The van der Waals surface area contributed by atoms with Crippen LogP contribution >= 0.6 is 24.0 Å². The van der Waals surface area contributed by atoms with E-state index in [0.717, 1.165) is 51.1 Å². The number of hydrogen-bond acceptors (Lipinski definition) is 3.